The molecular weight excluding hydrogens is 466 g/mol. The van der Waals surface area contributed by atoms with Crippen molar-refractivity contribution in [3.63, 3.8) is 0 Å². The number of hydrogen-bond donors (Lipinski definition) is 0. The number of nitrogens with zero attached hydrogens (tertiary/aromatic N) is 2. The normalized spacial score (nSPS) is 11.9. The summed E-state index contributed by atoms with van der Waals surface area (Å²) in [6, 6.07) is 20.1. The molecule has 0 bridgehead atoms. The first-order chi connectivity index (χ1) is 15.8. The second-order valence-corrected chi connectivity index (χ2v) is 10.1. The maximum atomic E-state index is 13.4. The predicted octanol–water partition coefficient (Wildman–Crippen LogP) is 5.24. The van der Waals surface area contributed by atoms with Crippen LogP contribution in [0.15, 0.2) is 87.6 Å². The third-order valence-electron chi connectivity index (χ3n) is 5.21. The molecule has 1 heterocycles. The summed E-state index contributed by atoms with van der Waals surface area (Å²) in [4.78, 5) is 17.7. The van der Waals surface area contributed by atoms with Crippen molar-refractivity contribution in [2.75, 3.05) is 0 Å². The quantitative estimate of drug-likeness (QED) is 0.264. The van der Waals surface area contributed by atoms with Gasteiger partial charge in [0.05, 0.1) is 21.5 Å². The van der Waals surface area contributed by atoms with Crippen LogP contribution in [0, 0.1) is 0 Å². The molecule has 4 aromatic rings. The number of halogens is 2. The van der Waals surface area contributed by atoms with Gasteiger partial charge in [0.15, 0.2) is 5.16 Å². The lowest BCUT2D eigenvalue weighted by atomic mass is 10.1. The van der Waals surface area contributed by atoms with Gasteiger partial charge in [-0.3, -0.25) is 9.36 Å². The summed E-state index contributed by atoms with van der Waals surface area (Å²) >= 11 is 1.32. The van der Waals surface area contributed by atoms with Gasteiger partial charge in [-0.25, -0.2) is 13.4 Å². The molecule has 0 aliphatic carbocycles. The summed E-state index contributed by atoms with van der Waals surface area (Å²) in [5.41, 5.74) is 2.87. The van der Waals surface area contributed by atoms with Gasteiger partial charge in [0, 0.05) is 5.75 Å². The molecule has 0 fully saturated rings. The van der Waals surface area contributed by atoms with Crippen molar-refractivity contribution >= 4 is 32.5 Å². The number of aromatic nitrogens is 2. The molecule has 33 heavy (non-hydrogen) atoms. The Morgan fingerprint density at radius 1 is 0.970 bits per heavy atom. The number of sulfone groups is 1. The molecule has 0 aliphatic heterocycles. The van der Waals surface area contributed by atoms with Crippen molar-refractivity contribution in [3.8, 4) is 5.69 Å². The van der Waals surface area contributed by atoms with Gasteiger partial charge < -0.3 is 0 Å². The van der Waals surface area contributed by atoms with Crippen LogP contribution in [0.3, 0.4) is 0 Å². The first kappa shape index (κ1) is 23.1. The number of fused-ring (bicyclic) bond motifs is 1. The number of benzene rings is 3. The molecule has 0 saturated heterocycles. The molecule has 0 spiro atoms. The van der Waals surface area contributed by atoms with E-state index in [9.17, 15) is 22.0 Å². The first-order valence-corrected chi connectivity index (χ1v) is 12.7. The molecular formula is C24H20F2N2O3S2. The second kappa shape index (κ2) is 9.44. The van der Waals surface area contributed by atoms with Gasteiger partial charge in [0.1, 0.15) is 0 Å². The van der Waals surface area contributed by atoms with E-state index < -0.39 is 20.5 Å². The van der Waals surface area contributed by atoms with Gasteiger partial charge in [-0.15, -0.1) is 0 Å². The standard InChI is InChI=1S/C24H20F2N2O3S2/c1-2-17-7-3-6-10-21(17)28-22(29)19-8-4-5-9-20(19)27-24(28)32-15-16-11-13-18(14-12-16)33(30,31)23(25)26/h3-14,23H,2,15H2,1H3. The van der Waals surface area contributed by atoms with Gasteiger partial charge in [-0.1, -0.05) is 61.2 Å². The number of hydrogen-bond acceptors (Lipinski definition) is 5. The third kappa shape index (κ3) is 4.56. The van der Waals surface area contributed by atoms with Crippen LogP contribution < -0.4 is 5.56 Å². The highest BCUT2D eigenvalue weighted by molar-refractivity contribution is 7.98. The molecule has 0 unspecified atom stereocenters. The van der Waals surface area contributed by atoms with Crippen molar-refractivity contribution < 1.29 is 17.2 Å². The zero-order chi connectivity index (χ0) is 23.6. The zero-order valence-corrected chi connectivity index (χ0v) is 19.2. The number of rotatable bonds is 7. The highest BCUT2D eigenvalue weighted by atomic mass is 32.2. The highest BCUT2D eigenvalue weighted by Gasteiger charge is 2.26. The monoisotopic (exact) mass is 486 g/mol. The Morgan fingerprint density at radius 3 is 2.33 bits per heavy atom. The van der Waals surface area contributed by atoms with Gasteiger partial charge in [0.2, 0.25) is 9.84 Å². The summed E-state index contributed by atoms with van der Waals surface area (Å²) in [6.45, 7) is 2.01. The smallest absolute Gasteiger partial charge is 0.268 e. The largest absolute Gasteiger partial charge is 0.341 e. The Hall–Kier alpha value is -3.04. The van der Waals surface area contributed by atoms with E-state index in [4.69, 9.17) is 4.98 Å². The third-order valence-corrected chi connectivity index (χ3v) is 7.62. The summed E-state index contributed by atoms with van der Waals surface area (Å²) in [5, 5.41) is 0.998. The van der Waals surface area contributed by atoms with E-state index in [1.54, 1.807) is 22.8 Å². The van der Waals surface area contributed by atoms with E-state index in [0.29, 0.717) is 27.4 Å². The lowest BCUT2D eigenvalue weighted by Gasteiger charge is -2.16. The van der Waals surface area contributed by atoms with Gasteiger partial charge in [-0.2, -0.15) is 8.78 Å². The Morgan fingerprint density at radius 2 is 1.64 bits per heavy atom. The summed E-state index contributed by atoms with van der Waals surface area (Å²) in [7, 11) is -4.64. The molecule has 0 saturated carbocycles. The minimum atomic E-state index is -4.64. The molecule has 0 aliphatic rings. The Labute approximate surface area is 194 Å². The Bertz CT molecular complexity index is 1470. The van der Waals surface area contributed by atoms with Crippen LogP contribution in [0.5, 0.6) is 0 Å². The fourth-order valence-corrected chi connectivity index (χ4v) is 5.16. The van der Waals surface area contributed by atoms with E-state index >= 15 is 0 Å². The van der Waals surface area contributed by atoms with Crippen LogP contribution in [0.4, 0.5) is 8.78 Å². The number of aryl methyl sites for hydroxylation is 1. The molecule has 0 N–H and O–H groups in total. The van der Waals surface area contributed by atoms with Crippen molar-refractivity contribution in [2.45, 2.75) is 34.9 Å². The average molecular weight is 487 g/mol. The lowest BCUT2D eigenvalue weighted by Crippen LogP contribution is -2.22. The minimum Gasteiger partial charge on any atom is -0.268 e. The van der Waals surface area contributed by atoms with Crippen LogP contribution in [-0.2, 0) is 22.0 Å². The molecule has 3 aromatic carbocycles. The summed E-state index contributed by atoms with van der Waals surface area (Å²) in [6.07, 6.45) is 0.736. The van der Waals surface area contributed by atoms with Crippen molar-refractivity contribution in [2.24, 2.45) is 0 Å². The molecule has 0 radical (unpaired) electrons. The van der Waals surface area contributed by atoms with E-state index in [0.717, 1.165) is 17.7 Å². The number of thioether (sulfide) groups is 1. The van der Waals surface area contributed by atoms with Gasteiger partial charge in [0.25, 0.3) is 5.56 Å². The number of para-hydroxylation sites is 2. The molecule has 0 atom stereocenters. The van der Waals surface area contributed by atoms with Crippen molar-refractivity contribution in [1.82, 2.24) is 9.55 Å². The van der Waals surface area contributed by atoms with Crippen LogP contribution in [0.1, 0.15) is 18.1 Å². The molecule has 9 heteroatoms. The number of alkyl halides is 2. The summed E-state index contributed by atoms with van der Waals surface area (Å²) in [5.74, 6) is -3.10. The van der Waals surface area contributed by atoms with Crippen LogP contribution in [0.25, 0.3) is 16.6 Å². The Balaban J connectivity index is 1.74. The van der Waals surface area contributed by atoms with Crippen molar-refractivity contribution in [1.29, 1.82) is 0 Å². The minimum absolute atomic E-state index is 0.178. The average Bonchev–Trinajstić information content (AvgIpc) is 2.83. The summed E-state index contributed by atoms with van der Waals surface area (Å²) < 4.78 is 50.4. The highest BCUT2D eigenvalue weighted by Crippen LogP contribution is 2.27. The molecule has 0 amide bonds. The fourth-order valence-electron chi connectivity index (χ4n) is 3.48. The predicted molar refractivity (Wildman–Crippen MR) is 126 cm³/mol. The van der Waals surface area contributed by atoms with Crippen LogP contribution >= 0.6 is 11.8 Å². The molecule has 5 nitrogen and oxygen atoms in total. The van der Waals surface area contributed by atoms with Crippen LogP contribution in [0.2, 0.25) is 0 Å². The molecule has 170 valence electrons. The van der Waals surface area contributed by atoms with E-state index in [-0.39, 0.29) is 5.56 Å². The second-order valence-electron chi connectivity index (χ2n) is 7.27. The molecule has 1 aromatic heterocycles. The Kier molecular flexibility index (Phi) is 6.62. The first-order valence-electron chi connectivity index (χ1n) is 10.2. The topological polar surface area (TPSA) is 69.0 Å². The zero-order valence-electron chi connectivity index (χ0n) is 17.6. The van der Waals surface area contributed by atoms with Gasteiger partial charge in [-0.05, 0) is 47.9 Å². The van der Waals surface area contributed by atoms with Crippen molar-refractivity contribution in [3.05, 3.63) is 94.3 Å². The van der Waals surface area contributed by atoms with Gasteiger partial charge >= 0.3 is 5.76 Å². The van der Waals surface area contributed by atoms with Crippen LogP contribution in [-0.4, -0.2) is 23.7 Å². The lowest BCUT2D eigenvalue weighted by molar-refractivity contribution is 0.234. The fraction of sp³-hybridized carbons (Fsp3) is 0.167. The van der Waals surface area contributed by atoms with E-state index in [1.807, 2.05) is 37.3 Å². The molecule has 4 rings (SSSR count). The SMILES string of the molecule is CCc1ccccc1-n1c(SCc2ccc(S(=O)(=O)C(F)F)cc2)nc2ccccc2c1=O. The maximum absolute atomic E-state index is 13.4. The van der Waals surface area contributed by atoms with E-state index in [1.165, 1.54) is 36.0 Å². The van der Waals surface area contributed by atoms with E-state index in [2.05, 4.69) is 0 Å². The maximum Gasteiger partial charge on any atom is 0.341 e.